The van der Waals surface area contributed by atoms with Gasteiger partial charge in [0.2, 0.25) is 0 Å². The van der Waals surface area contributed by atoms with Crippen LogP contribution in [0.3, 0.4) is 0 Å². The van der Waals surface area contributed by atoms with E-state index in [1.165, 1.54) is 4.90 Å². The van der Waals surface area contributed by atoms with Gasteiger partial charge in [0.1, 0.15) is 11.0 Å². The summed E-state index contributed by atoms with van der Waals surface area (Å²) in [6.45, 7) is 2.53. The smallest absolute Gasteiger partial charge is 0.407 e. The number of rotatable bonds is 3. The highest BCUT2D eigenvalue weighted by Gasteiger charge is 2.30. The molecule has 26 heavy (non-hydrogen) atoms. The van der Waals surface area contributed by atoms with E-state index in [1.54, 1.807) is 18.2 Å². The van der Waals surface area contributed by atoms with E-state index in [0.29, 0.717) is 43.3 Å². The lowest BCUT2D eigenvalue weighted by atomic mass is 10.0. The van der Waals surface area contributed by atoms with Crippen LogP contribution in [0.1, 0.15) is 29.6 Å². The van der Waals surface area contributed by atoms with Gasteiger partial charge in [-0.2, -0.15) is 15.4 Å². The third-order valence-electron chi connectivity index (χ3n) is 5.28. The number of aromatic nitrogens is 3. The van der Waals surface area contributed by atoms with Crippen molar-refractivity contribution in [3.05, 3.63) is 23.8 Å². The Balaban J connectivity index is 1.30. The Morgan fingerprint density at radius 3 is 2.46 bits per heavy atom. The van der Waals surface area contributed by atoms with Crippen LogP contribution in [-0.2, 0) is 0 Å². The molecule has 2 amide bonds. The number of piperidine rings is 1. The van der Waals surface area contributed by atoms with Gasteiger partial charge in [-0.25, -0.2) is 4.79 Å². The molecule has 0 spiro atoms. The maximum absolute atomic E-state index is 12.7. The molecule has 0 radical (unpaired) electrons. The molecule has 2 saturated heterocycles. The second kappa shape index (κ2) is 6.91. The topological polar surface area (TPSA) is 114 Å². The number of hydrogen-bond acceptors (Lipinski definition) is 5. The van der Waals surface area contributed by atoms with Gasteiger partial charge in [0.05, 0.1) is 0 Å². The standard InChI is InChI=1S/C17H22N6O3/c24-16(11-1-2-14-15(9-11)20-21-19-14)22-6-3-12(4-7-22)18-13-5-8-23(10-13)17(25)26/h1-2,9,12-13,18H,3-8,10H2,(H,25,26)(H,19,20,21). The highest BCUT2D eigenvalue weighted by molar-refractivity contribution is 5.97. The highest BCUT2D eigenvalue weighted by atomic mass is 16.4. The molecular weight excluding hydrogens is 336 g/mol. The molecule has 1 aromatic carbocycles. The van der Waals surface area contributed by atoms with E-state index in [2.05, 4.69) is 20.7 Å². The zero-order valence-electron chi connectivity index (χ0n) is 14.4. The van der Waals surface area contributed by atoms with Crippen molar-refractivity contribution in [1.29, 1.82) is 0 Å². The van der Waals surface area contributed by atoms with Crippen LogP contribution in [0.4, 0.5) is 4.79 Å². The predicted octanol–water partition coefficient (Wildman–Crippen LogP) is 0.904. The Hall–Kier alpha value is -2.68. The quantitative estimate of drug-likeness (QED) is 0.751. The zero-order valence-corrected chi connectivity index (χ0v) is 14.4. The molecule has 3 N–H and O–H groups in total. The van der Waals surface area contributed by atoms with Crippen LogP contribution in [-0.4, -0.2) is 80.6 Å². The lowest BCUT2D eigenvalue weighted by molar-refractivity contribution is 0.0701. The van der Waals surface area contributed by atoms with E-state index < -0.39 is 6.09 Å². The molecule has 9 heteroatoms. The number of nitrogens with one attached hydrogen (secondary N) is 2. The first kappa shape index (κ1) is 16.8. The maximum Gasteiger partial charge on any atom is 0.407 e. The van der Waals surface area contributed by atoms with Gasteiger partial charge in [0, 0.05) is 43.8 Å². The molecule has 2 aliphatic heterocycles. The summed E-state index contributed by atoms with van der Waals surface area (Å²) in [7, 11) is 0. The maximum atomic E-state index is 12.7. The number of amides is 2. The summed E-state index contributed by atoms with van der Waals surface area (Å²) in [5.41, 5.74) is 2.07. The van der Waals surface area contributed by atoms with E-state index in [0.717, 1.165) is 24.8 Å². The van der Waals surface area contributed by atoms with E-state index in [4.69, 9.17) is 5.11 Å². The number of carboxylic acid groups (broad SMARTS) is 1. The normalized spacial score (nSPS) is 21.5. The van der Waals surface area contributed by atoms with Crippen molar-refractivity contribution in [2.24, 2.45) is 0 Å². The second-order valence-corrected chi connectivity index (χ2v) is 6.97. The lowest BCUT2D eigenvalue weighted by Gasteiger charge is -2.34. The molecule has 1 atom stereocenters. The van der Waals surface area contributed by atoms with E-state index in [-0.39, 0.29) is 11.9 Å². The van der Waals surface area contributed by atoms with Crippen LogP contribution >= 0.6 is 0 Å². The summed E-state index contributed by atoms with van der Waals surface area (Å²) < 4.78 is 0. The number of H-pyrrole nitrogens is 1. The second-order valence-electron chi connectivity index (χ2n) is 6.97. The van der Waals surface area contributed by atoms with E-state index in [1.807, 2.05) is 4.90 Å². The summed E-state index contributed by atoms with van der Waals surface area (Å²) in [5.74, 6) is 0.0197. The van der Waals surface area contributed by atoms with Crippen molar-refractivity contribution in [3.63, 3.8) is 0 Å². The molecule has 0 aliphatic carbocycles. The Kier molecular flexibility index (Phi) is 4.46. The van der Waals surface area contributed by atoms with Crippen LogP contribution in [0, 0.1) is 0 Å². The molecule has 1 unspecified atom stereocenters. The Morgan fingerprint density at radius 1 is 1.04 bits per heavy atom. The third-order valence-corrected chi connectivity index (χ3v) is 5.28. The monoisotopic (exact) mass is 358 g/mol. The van der Waals surface area contributed by atoms with Gasteiger partial charge in [-0.15, -0.1) is 0 Å². The number of nitrogens with zero attached hydrogens (tertiary/aromatic N) is 4. The number of fused-ring (bicyclic) bond motifs is 1. The first-order valence-corrected chi connectivity index (χ1v) is 8.94. The fourth-order valence-corrected chi connectivity index (χ4v) is 3.81. The fourth-order valence-electron chi connectivity index (χ4n) is 3.81. The SMILES string of the molecule is O=C(O)N1CCC(NC2CCN(C(=O)c3ccc4n[nH]nc4c3)CC2)C1. The molecule has 4 rings (SSSR count). The van der Waals surface area contributed by atoms with Crippen molar-refractivity contribution in [3.8, 4) is 0 Å². The Morgan fingerprint density at radius 2 is 1.73 bits per heavy atom. The van der Waals surface area contributed by atoms with Gasteiger partial charge in [-0.3, -0.25) is 4.79 Å². The van der Waals surface area contributed by atoms with Crippen molar-refractivity contribution >= 4 is 23.0 Å². The Labute approximate surface area is 150 Å². The summed E-state index contributed by atoms with van der Waals surface area (Å²) in [4.78, 5) is 27.0. The third kappa shape index (κ3) is 3.34. The molecular formula is C17H22N6O3. The van der Waals surface area contributed by atoms with Crippen LogP contribution in [0.5, 0.6) is 0 Å². The van der Waals surface area contributed by atoms with Gasteiger partial charge >= 0.3 is 6.09 Å². The first-order valence-electron chi connectivity index (χ1n) is 8.94. The zero-order chi connectivity index (χ0) is 18.1. The Bertz CT molecular complexity index is 814. The summed E-state index contributed by atoms with van der Waals surface area (Å²) in [6, 6.07) is 5.90. The van der Waals surface area contributed by atoms with E-state index in [9.17, 15) is 9.59 Å². The molecule has 0 bridgehead atoms. The summed E-state index contributed by atoms with van der Waals surface area (Å²) in [5, 5.41) is 23.2. The van der Waals surface area contributed by atoms with Gasteiger partial charge in [0.15, 0.2) is 0 Å². The van der Waals surface area contributed by atoms with Gasteiger partial charge < -0.3 is 20.2 Å². The van der Waals surface area contributed by atoms with Crippen LogP contribution in [0.15, 0.2) is 18.2 Å². The average molecular weight is 358 g/mol. The number of likely N-dealkylation sites (tertiary alicyclic amines) is 2. The number of benzene rings is 1. The number of hydrogen-bond donors (Lipinski definition) is 3. The van der Waals surface area contributed by atoms with E-state index >= 15 is 0 Å². The number of carbonyl (C=O) groups excluding carboxylic acids is 1. The van der Waals surface area contributed by atoms with Crippen molar-refractivity contribution in [1.82, 2.24) is 30.5 Å². The summed E-state index contributed by atoms with van der Waals surface area (Å²) in [6.07, 6.45) is 1.76. The van der Waals surface area contributed by atoms with Crippen LogP contribution < -0.4 is 5.32 Å². The minimum absolute atomic E-state index is 0.0197. The lowest BCUT2D eigenvalue weighted by Crippen LogP contribution is -2.48. The molecule has 2 aromatic rings. The highest BCUT2D eigenvalue weighted by Crippen LogP contribution is 2.18. The van der Waals surface area contributed by atoms with Gasteiger partial charge in [-0.1, -0.05) is 0 Å². The number of aromatic amines is 1. The molecule has 0 saturated carbocycles. The van der Waals surface area contributed by atoms with Gasteiger partial charge in [-0.05, 0) is 37.5 Å². The molecule has 138 valence electrons. The fraction of sp³-hybridized carbons (Fsp3) is 0.529. The van der Waals surface area contributed by atoms with Crippen LogP contribution in [0.2, 0.25) is 0 Å². The summed E-state index contributed by atoms with van der Waals surface area (Å²) >= 11 is 0. The number of carbonyl (C=O) groups is 2. The average Bonchev–Trinajstić information content (AvgIpc) is 3.30. The van der Waals surface area contributed by atoms with Gasteiger partial charge in [0.25, 0.3) is 5.91 Å². The predicted molar refractivity (Wildman–Crippen MR) is 94.0 cm³/mol. The molecule has 1 aromatic heterocycles. The molecule has 2 aliphatic rings. The molecule has 3 heterocycles. The largest absolute Gasteiger partial charge is 0.465 e. The van der Waals surface area contributed by atoms with Crippen molar-refractivity contribution < 1.29 is 14.7 Å². The molecule has 2 fully saturated rings. The minimum Gasteiger partial charge on any atom is -0.465 e. The minimum atomic E-state index is -0.848. The van der Waals surface area contributed by atoms with Crippen molar-refractivity contribution in [2.45, 2.75) is 31.3 Å². The first-order chi connectivity index (χ1) is 12.6. The molecule has 9 nitrogen and oxygen atoms in total. The van der Waals surface area contributed by atoms with Crippen LogP contribution in [0.25, 0.3) is 11.0 Å². The van der Waals surface area contributed by atoms with Crippen molar-refractivity contribution in [2.75, 3.05) is 26.2 Å².